The van der Waals surface area contributed by atoms with Crippen LogP contribution in [0.5, 0.6) is 0 Å². The average molecular weight is 474 g/mol. The number of benzene rings is 2. The lowest BCUT2D eigenvalue weighted by Gasteiger charge is -2.23. The standard InChI is InChI=1S/C25H23N5O3S/c1-15(2)17-5-7-18(8-6-17)19-11-22-21(23(31)12-19)13-29-24(26-22)27-25(28-29)34-14-16-3-9-20(10-4-16)30(32)33/h3-10,13,15,19H,11-12,14H2,1-2H3/t19-/m0/s1. The van der Waals surface area contributed by atoms with Crippen molar-refractivity contribution in [3.63, 3.8) is 0 Å². The summed E-state index contributed by atoms with van der Waals surface area (Å²) in [5.41, 5.74) is 4.82. The lowest BCUT2D eigenvalue weighted by atomic mass is 9.81. The van der Waals surface area contributed by atoms with Crippen LogP contribution in [-0.4, -0.2) is 30.3 Å². The summed E-state index contributed by atoms with van der Waals surface area (Å²) in [6, 6.07) is 15.0. The largest absolute Gasteiger partial charge is 0.294 e. The summed E-state index contributed by atoms with van der Waals surface area (Å²) in [5.74, 6) is 1.69. The lowest BCUT2D eigenvalue weighted by molar-refractivity contribution is -0.384. The van der Waals surface area contributed by atoms with Crippen LogP contribution in [0.1, 0.15) is 64.8 Å². The van der Waals surface area contributed by atoms with Gasteiger partial charge < -0.3 is 0 Å². The summed E-state index contributed by atoms with van der Waals surface area (Å²) >= 11 is 1.42. The highest BCUT2D eigenvalue weighted by atomic mass is 32.2. The number of nitro groups is 1. The first-order valence-corrected chi connectivity index (χ1v) is 12.1. The third-order valence-corrected chi connectivity index (χ3v) is 7.06. The summed E-state index contributed by atoms with van der Waals surface area (Å²) in [6.07, 6.45) is 2.88. The van der Waals surface area contributed by atoms with E-state index in [0.29, 0.717) is 41.0 Å². The van der Waals surface area contributed by atoms with Crippen LogP contribution in [-0.2, 0) is 12.2 Å². The van der Waals surface area contributed by atoms with Gasteiger partial charge in [0, 0.05) is 30.5 Å². The molecule has 0 bridgehead atoms. The van der Waals surface area contributed by atoms with Crippen LogP contribution >= 0.6 is 11.8 Å². The number of nitrogens with zero attached hydrogens (tertiary/aromatic N) is 5. The molecule has 1 aliphatic carbocycles. The maximum atomic E-state index is 12.9. The summed E-state index contributed by atoms with van der Waals surface area (Å²) in [4.78, 5) is 32.5. The number of Topliss-reactive ketones (excluding diaryl/α,β-unsaturated/α-hetero) is 1. The SMILES string of the molecule is CC(C)c1ccc([C@@H]2CC(=O)c3cn4nc(SCc5ccc([N+](=O)[O-])cc5)nc4nc3C2)cc1. The van der Waals surface area contributed by atoms with Gasteiger partial charge in [-0.3, -0.25) is 14.9 Å². The molecule has 2 aromatic carbocycles. The molecule has 0 radical (unpaired) electrons. The Labute approximate surface area is 200 Å². The second kappa shape index (κ2) is 8.98. The van der Waals surface area contributed by atoms with Gasteiger partial charge in [0.2, 0.25) is 5.16 Å². The van der Waals surface area contributed by atoms with Crippen LogP contribution < -0.4 is 0 Å². The minimum atomic E-state index is -0.416. The molecule has 34 heavy (non-hydrogen) atoms. The number of aromatic nitrogens is 4. The van der Waals surface area contributed by atoms with Gasteiger partial charge in [0.15, 0.2) is 5.78 Å². The molecule has 1 atom stereocenters. The molecule has 1 aliphatic rings. The van der Waals surface area contributed by atoms with Crippen molar-refractivity contribution in [1.29, 1.82) is 0 Å². The molecular weight excluding hydrogens is 450 g/mol. The zero-order valence-corrected chi connectivity index (χ0v) is 19.7. The van der Waals surface area contributed by atoms with E-state index in [9.17, 15) is 14.9 Å². The van der Waals surface area contributed by atoms with Gasteiger partial charge in [-0.05, 0) is 34.9 Å². The molecule has 0 N–H and O–H groups in total. The topological polar surface area (TPSA) is 103 Å². The molecule has 5 rings (SSSR count). The Morgan fingerprint density at radius 1 is 1.09 bits per heavy atom. The lowest BCUT2D eigenvalue weighted by Crippen LogP contribution is -2.21. The van der Waals surface area contributed by atoms with Gasteiger partial charge in [0.05, 0.1) is 16.2 Å². The maximum Gasteiger partial charge on any atom is 0.269 e. The van der Waals surface area contributed by atoms with Gasteiger partial charge in [-0.25, -0.2) is 9.50 Å². The Morgan fingerprint density at radius 3 is 2.50 bits per heavy atom. The Hall–Kier alpha value is -3.59. The predicted octanol–water partition coefficient (Wildman–Crippen LogP) is 5.36. The van der Waals surface area contributed by atoms with E-state index in [4.69, 9.17) is 0 Å². The smallest absolute Gasteiger partial charge is 0.269 e. The monoisotopic (exact) mass is 473 g/mol. The number of nitro benzene ring substituents is 1. The normalized spacial score (nSPS) is 15.6. The van der Waals surface area contributed by atoms with Crippen molar-refractivity contribution in [3.8, 4) is 0 Å². The molecular formula is C25H23N5O3S. The fraction of sp³-hybridized carbons (Fsp3) is 0.280. The van der Waals surface area contributed by atoms with E-state index in [0.717, 1.165) is 16.8 Å². The molecule has 4 aromatic rings. The fourth-order valence-electron chi connectivity index (χ4n) is 4.18. The summed E-state index contributed by atoms with van der Waals surface area (Å²) in [6.45, 7) is 4.34. The summed E-state index contributed by atoms with van der Waals surface area (Å²) in [5, 5.41) is 15.8. The Kier molecular flexibility index (Phi) is 5.87. The van der Waals surface area contributed by atoms with Crippen molar-refractivity contribution in [1.82, 2.24) is 19.6 Å². The quantitative estimate of drug-likeness (QED) is 0.211. The third kappa shape index (κ3) is 4.43. The Bertz CT molecular complexity index is 1380. The molecule has 172 valence electrons. The van der Waals surface area contributed by atoms with E-state index in [-0.39, 0.29) is 17.4 Å². The number of fused-ring (bicyclic) bond motifs is 2. The molecule has 0 amide bonds. The summed E-state index contributed by atoms with van der Waals surface area (Å²) in [7, 11) is 0. The molecule has 0 spiro atoms. The first-order chi connectivity index (χ1) is 16.4. The average Bonchev–Trinajstić information content (AvgIpc) is 3.23. The van der Waals surface area contributed by atoms with Crippen LogP contribution in [0.2, 0.25) is 0 Å². The fourth-order valence-corrected chi connectivity index (χ4v) is 4.96. The van der Waals surface area contributed by atoms with Gasteiger partial charge in [-0.15, -0.1) is 5.10 Å². The number of hydrogen-bond donors (Lipinski definition) is 0. The van der Waals surface area contributed by atoms with E-state index < -0.39 is 4.92 Å². The van der Waals surface area contributed by atoms with E-state index in [1.54, 1.807) is 22.8 Å². The van der Waals surface area contributed by atoms with Gasteiger partial charge in [-0.1, -0.05) is 62.0 Å². The zero-order chi connectivity index (χ0) is 23.8. The van der Waals surface area contributed by atoms with Crippen molar-refractivity contribution < 1.29 is 9.72 Å². The van der Waals surface area contributed by atoms with Crippen molar-refractivity contribution in [3.05, 3.63) is 92.8 Å². The molecule has 2 aromatic heterocycles. The molecule has 0 aliphatic heterocycles. The minimum absolute atomic E-state index is 0.0632. The first-order valence-electron chi connectivity index (χ1n) is 11.1. The molecule has 2 heterocycles. The number of rotatable bonds is 6. The van der Waals surface area contributed by atoms with Gasteiger partial charge in [-0.2, -0.15) is 4.98 Å². The molecule has 8 nitrogen and oxygen atoms in total. The Balaban J connectivity index is 1.34. The highest BCUT2D eigenvalue weighted by Crippen LogP contribution is 2.33. The molecule has 0 fully saturated rings. The van der Waals surface area contributed by atoms with Crippen LogP contribution in [0.15, 0.2) is 59.9 Å². The van der Waals surface area contributed by atoms with E-state index in [2.05, 4.69) is 53.2 Å². The molecule has 0 saturated carbocycles. The van der Waals surface area contributed by atoms with E-state index in [1.807, 2.05) is 0 Å². The van der Waals surface area contributed by atoms with E-state index >= 15 is 0 Å². The number of thioether (sulfide) groups is 1. The summed E-state index contributed by atoms with van der Waals surface area (Å²) < 4.78 is 1.56. The maximum absolute atomic E-state index is 12.9. The number of non-ortho nitro benzene ring substituents is 1. The van der Waals surface area contributed by atoms with Crippen molar-refractivity contribution >= 4 is 29.0 Å². The van der Waals surface area contributed by atoms with Crippen LogP contribution in [0.4, 0.5) is 5.69 Å². The van der Waals surface area contributed by atoms with Gasteiger partial charge in [0.25, 0.3) is 11.5 Å². The predicted molar refractivity (Wildman–Crippen MR) is 129 cm³/mol. The second-order valence-electron chi connectivity index (χ2n) is 8.80. The number of carbonyl (C=O) groups excluding carboxylic acids is 1. The van der Waals surface area contributed by atoms with Crippen LogP contribution in [0, 0.1) is 10.1 Å². The van der Waals surface area contributed by atoms with Gasteiger partial charge in [0.1, 0.15) is 0 Å². The van der Waals surface area contributed by atoms with E-state index in [1.165, 1.54) is 29.5 Å². The molecule has 9 heteroatoms. The third-order valence-electron chi connectivity index (χ3n) is 6.15. The van der Waals surface area contributed by atoms with Crippen molar-refractivity contribution in [2.24, 2.45) is 0 Å². The number of hydrogen-bond acceptors (Lipinski definition) is 7. The molecule has 0 saturated heterocycles. The highest BCUT2D eigenvalue weighted by Gasteiger charge is 2.28. The van der Waals surface area contributed by atoms with Crippen LogP contribution in [0.25, 0.3) is 5.78 Å². The zero-order valence-electron chi connectivity index (χ0n) is 18.8. The minimum Gasteiger partial charge on any atom is -0.294 e. The molecule has 0 unspecified atom stereocenters. The second-order valence-corrected chi connectivity index (χ2v) is 9.74. The number of carbonyl (C=O) groups is 1. The van der Waals surface area contributed by atoms with Crippen molar-refractivity contribution in [2.75, 3.05) is 0 Å². The van der Waals surface area contributed by atoms with Gasteiger partial charge >= 0.3 is 0 Å². The Morgan fingerprint density at radius 2 is 1.82 bits per heavy atom. The first kappa shape index (κ1) is 22.2. The number of ketones is 1. The van der Waals surface area contributed by atoms with Crippen LogP contribution in [0.3, 0.4) is 0 Å². The highest BCUT2D eigenvalue weighted by molar-refractivity contribution is 7.98. The van der Waals surface area contributed by atoms with Crippen molar-refractivity contribution in [2.45, 2.75) is 49.4 Å².